The molecule has 0 saturated heterocycles. The lowest BCUT2D eigenvalue weighted by molar-refractivity contribution is 0.0965. The summed E-state index contributed by atoms with van der Waals surface area (Å²) in [5.41, 5.74) is 4.26. The average molecular weight is 406 g/mol. The number of halogens is 1. The zero-order valence-electron chi connectivity index (χ0n) is 17.1. The van der Waals surface area contributed by atoms with Crippen LogP contribution in [0.3, 0.4) is 0 Å². The van der Waals surface area contributed by atoms with E-state index < -0.39 is 6.17 Å². The first-order valence-corrected chi connectivity index (χ1v) is 10.2. The third-order valence-electron chi connectivity index (χ3n) is 5.73. The maximum absolute atomic E-state index is 13.3. The third kappa shape index (κ3) is 2.94. The smallest absolute Gasteiger partial charge is 0.183 e. The molecule has 0 radical (unpaired) electrons. The van der Waals surface area contributed by atoms with Crippen LogP contribution >= 0.6 is 0 Å². The Morgan fingerprint density at radius 2 is 2.13 bits per heavy atom. The molecule has 1 N–H and O–H groups in total. The Labute approximate surface area is 172 Å². The summed E-state index contributed by atoms with van der Waals surface area (Å²) in [6, 6.07) is 6.10. The van der Waals surface area contributed by atoms with Gasteiger partial charge in [-0.15, -0.1) is 0 Å². The molecular weight excluding hydrogens is 383 g/mol. The standard InChI is InChI=1S/C22H23FN6O/c1-12(2)28-11-15(14-5-4-6-25-21(14)28)17-9-18(24-3)22-26-10-19(29(22)27-17)20(30)8-13-7-16(13)23/h4-6,9-13,16,24H,7-8H2,1-3H3/t13-,16-/m0/s1. The van der Waals surface area contributed by atoms with Gasteiger partial charge in [-0.1, -0.05) is 0 Å². The summed E-state index contributed by atoms with van der Waals surface area (Å²) in [5.74, 6) is -0.310. The zero-order valence-corrected chi connectivity index (χ0v) is 17.1. The first-order valence-electron chi connectivity index (χ1n) is 10.2. The number of rotatable bonds is 6. The topological polar surface area (TPSA) is 77.1 Å². The van der Waals surface area contributed by atoms with Crippen molar-refractivity contribution in [3.8, 4) is 11.3 Å². The van der Waals surface area contributed by atoms with Gasteiger partial charge < -0.3 is 9.88 Å². The van der Waals surface area contributed by atoms with Crippen molar-refractivity contribution in [1.29, 1.82) is 0 Å². The van der Waals surface area contributed by atoms with Crippen molar-refractivity contribution in [2.45, 2.75) is 38.9 Å². The Kier molecular flexibility index (Phi) is 4.30. The Bertz CT molecular complexity index is 1270. The van der Waals surface area contributed by atoms with Crippen LogP contribution in [0.2, 0.25) is 0 Å². The van der Waals surface area contributed by atoms with E-state index in [1.54, 1.807) is 10.7 Å². The fraction of sp³-hybridized carbons (Fsp3) is 0.364. The molecule has 0 aliphatic heterocycles. The molecule has 2 atom stereocenters. The number of carbonyl (C=O) groups is 1. The summed E-state index contributed by atoms with van der Waals surface area (Å²) in [6.45, 7) is 4.21. The van der Waals surface area contributed by atoms with Crippen molar-refractivity contribution >= 4 is 28.2 Å². The van der Waals surface area contributed by atoms with E-state index in [1.807, 2.05) is 31.4 Å². The van der Waals surface area contributed by atoms with Gasteiger partial charge in [-0.3, -0.25) is 4.79 Å². The molecule has 5 rings (SSSR count). The number of fused-ring (bicyclic) bond motifs is 2. The second-order valence-electron chi connectivity index (χ2n) is 8.13. The number of carbonyl (C=O) groups excluding carboxylic acids is 1. The highest BCUT2D eigenvalue weighted by atomic mass is 19.1. The Morgan fingerprint density at radius 3 is 2.83 bits per heavy atom. The largest absolute Gasteiger partial charge is 0.385 e. The van der Waals surface area contributed by atoms with Crippen molar-refractivity contribution in [2.24, 2.45) is 5.92 Å². The number of Topliss-reactive ketones (excluding diaryl/α,β-unsaturated/α-hetero) is 1. The average Bonchev–Trinajstić information content (AvgIpc) is 3.14. The molecule has 0 aromatic carbocycles. The lowest BCUT2D eigenvalue weighted by atomic mass is 10.1. The second kappa shape index (κ2) is 6.90. The minimum atomic E-state index is -0.862. The molecule has 30 heavy (non-hydrogen) atoms. The van der Waals surface area contributed by atoms with E-state index >= 15 is 0 Å². The van der Waals surface area contributed by atoms with Crippen LogP contribution in [0.5, 0.6) is 0 Å². The van der Waals surface area contributed by atoms with Gasteiger partial charge in [0.15, 0.2) is 11.4 Å². The van der Waals surface area contributed by atoms with Gasteiger partial charge >= 0.3 is 0 Å². The summed E-state index contributed by atoms with van der Waals surface area (Å²) in [4.78, 5) is 21.7. The number of hydrogen-bond acceptors (Lipinski definition) is 5. The number of alkyl halides is 1. The predicted molar refractivity (Wildman–Crippen MR) is 114 cm³/mol. The molecule has 0 bridgehead atoms. The van der Waals surface area contributed by atoms with Crippen LogP contribution < -0.4 is 5.32 Å². The molecule has 1 fully saturated rings. The molecule has 0 amide bonds. The van der Waals surface area contributed by atoms with E-state index in [1.165, 1.54) is 6.20 Å². The molecule has 154 valence electrons. The van der Waals surface area contributed by atoms with Crippen LogP contribution in [0.4, 0.5) is 10.1 Å². The number of hydrogen-bond donors (Lipinski definition) is 1. The Hall–Kier alpha value is -3.29. The molecule has 4 heterocycles. The van der Waals surface area contributed by atoms with Gasteiger partial charge in [-0.2, -0.15) is 5.10 Å². The van der Waals surface area contributed by atoms with E-state index in [2.05, 4.69) is 33.7 Å². The van der Waals surface area contributed by atoms with Gasteiger partial charge in [0.1, 0.15) is 17.5 Å². The van der Waals surface area contributed by atoms with Gasteiger partial charge in [-0.05, 0) is 38.5 Å². The number of pyridine rings is 1. The number of nitrogens with one attached hydrogen (secondary N) is 1. The normalized spacial score (nSPS) is 18.4. The summed E-state index contributed by atoms with van der Waals surface area (Å²) >= 11 is 0. The summed E-state index contributed by atoms with van der Waals surface area (Å²) in [7, 11) is 1.81. The van der Waals surface area contributed by atoms with E-state index in [9.17, 15) is 9.18 Å². The molecular formula is C22H23FN6O. The number of ketones is 1. The highest BCUT2D eigenvalue weighted by Crippen LogP contribution is 2.38. The van der Waals surface area contributed by atoms with Crippen LogP contribution in [0.15, 0.2) is 36.8 Å². The van der Waals surface area contributed by atoms with Gasteiger partial charge in [0.2, 0.25) is 0 Å². The summed E-state index contributed by atoms with van der Waals surface area (Å²) in [6.07, 6.45) is 5.15. The van der Waals surface area contributed by atoms with Gasteiger partial charge in [0.25, 0.3) is 0 Å². The fourth-order valence-electron chi connectivity index (χ4n) is 3.92. The maximum Gasteiger partial charge on any atom is 0.183 e. The van der Waals surface area contributed by atoms with Crippen molar-refractivity contribution in [3.63, 3.8) is 0 Å². The monoisotopic (exact) mass is 406 g/mol. The second-order valence-corrected chi connectivity index (χ2v) is 8.13. The first-order chi connectivity index (χ1) is 14.5. The molecule has 1 aliphatic rings. The highest BCUT2D eigenvalue weighted by Gasteiger charge is 2.39. The Balaban J connectivity index is 1.68. The zero-order chi connectivity index (χ0) is 21.0. The van der Waals surface area contributed by atoms with Crippen LogP contribution in [0, 0.1) is 5.92 Å². The van der Waals surface area contributed by atoms with Gasteiger partial charge in [0, 0.05) is 48.8 Å². The van der Waals surface area contributed by atoms with Crippen molar-refractivity contribution in [2.75, 3.05) is 12.4 Å². The Morgan fingerprint density at radius 1 is 1.33 bits per heavy atom. The fourth-order valence-corrected chi connectivity index (χ4v) is 3.92. The van der Waals surface area contributed by atoms with Crippen molar-refractivity contribution in [1.82, 2.24) is 24.1 Å². The van der Waals surface area contributed by atoms with E-state index in [4.69, 9.17) is 5.10 Å². The molecule has 1 saturated carbocycles. The van der Waals surface area contributed by atoms with Crippen molar-refractivity contribution in [3.05, 3.63) is 42.5 Å². The SMILES string of the molecule is CNc1cc(-c2cn(C(C)C)c3ncccc23)nn2c(C(=O)C[C@@H]3C[C@@H]3F)cnc12. The number of imidazole rings is 1. The highest BCUT2D eigenvalue weighted by molar-refractivity contribution is 5.97. The lowest BCUT2D eigenvalue weighted by Gasteiger charge is -2.08. The molecule has 1 aliphatic carbocycles. The van der Waals surface area contributed by atoms with Crippen LogP contribution in [-0.4, -0.2) is 43.2 Å². The number of anilines is 1. The molecule has 4 aromatic rings. The van der Waals surface area contributed by atoms with E-state index in [-0.39, 0.29) is 24.2 Å². The first kappa shape index (κ1) is 18.7. The number of nitrogens with zero attached hydrogens (tertiary/aromatic N) is 5. The minimum absolute atomic E-state index is 0.134. The molecule has 0 unspecified atom stereocenters. The predicted octanol–water partition coefficient (Wildman–Crippen LogP) is 4.30. The van der Waals surface area contributed by atoms with Crippen molar-refractivity contribution < 1.29 is 9.18 Å². The summed E-state index contributed by atoms with van der Waals surface area (Å²) in [5, 5.41) is 8.91. The molecule has 7 nitrogen and oxygen atoms in total. The molecule has 8 heteroatoms. The van der Waals surface area contributed by atoms with E-state index in [0.717, 1.165) is 22.3 Å². The minimum Gasteiger partial charge on any atom is -0.385 e. The number of aromatic nitrogens is 5. The van der Waals surface area contributed by atoms with Crippen LogP contribution in [0.1, 0.15) is 43.2 Å². The quantitative estimate of drug-likeness (QED) is 0.483. The third-order valence-corrected chi connectivity index (χ3v) is 5.73. The van der Waals surface area contributed by atoms with Crippen LogP contribution in [0.25, 0.3) is 27.9 Å². The maximum atomic E-state index is 13.3. The molecule has 0 spiro atoms. The van der Waals surface area contributed by atoms with Gasteiger partial charge in [0.05, 0.1) is 17.6 Å². The summed E-state index contributed by atoms with van der Waals surface area (Å²) < 4.78 is 17.0. The van der Waals surface area contributed by atoms with Crippen LogP contribution in [-0.2, 0) is 0 Å². The van der Waals surface area contributed by atoms with E-state index in [0.29, 0.717) is 23.5 Å². The van der Waals surface area contributed by atoms with Gasteiger partial charge in [-0.25, -0.2) is 18.9 Å². The molecule has 4 aromatic heterocycles. The lowest BCUT2D eigenvalue weighted by Crippen LogP contribution is -2.09.